The number of thioether (sulfide) groups is 1. The maximum absolute atomic E-state index is 13.7. The molecule has 1 aromatic carbocycles. The summed E-state index contributed by atoms with van der Waals surface area (Å²) in [4.78, 5) is 79.9. The Balaban J connectivity index is 2.30. The number of amides is 4. The van der Waals surface area contributed by atoms with Crippen LogP contribution in [-0.4, -0.2) is 112 Å². The molecule has 4 amide bonds. The van der Waals surface area contributed by atoms with Crippen LogP contribution in [0, 0.1) is 0 Å². The van der Waals surface area contributed by atoms with Gasteiger partial charge in [0.1, 0.15) is 29.9 Å². The lowest BCUT2D eigenvalue weighted by atomic mass is 10.0. The van der Waals surface area contributed by atoms with E-state index in [0.29, 0.717) is 24.3 Å². The van der Waals surface area contributed by atoms with Gasteiger partial charge in [0.05, 0.1) is 12.5 Å². The number of aliphatic imine (C=N–C) groups is 1. The molecule has 1 fully saturated rings. The minimum absolute atomic E-state index is 0.0177. The first-order valence-corrected chi connectivity index (χ1v) is 16.4. The van der Waals surface area contributed by atoms with E-state index in [1.165, 1.54) is 23.9 Å². The molecule has 17 nitrogen and oxygen atoms in total. The zero-order chi connectivity index (χ0) is 34.9. The Kier molecular flexibility index (Phi) is 16.3. The molecule has 0 aromatic heterocycles. The lowest BCUT2D eigenvalue weighted by molar-refractivity contribution is -0.147. The summed E-state index contributed by atoms with van der Waals surface area (Å²) < 4.78 is 0. The number of rotatable bonds is 20. The van der Waals surface area contributed by atoms with Crippen molar-refractivity contribution in [3.63, 3.8) is 0 Å². The van der Waals surface area contributed by atoms with Gasteiger partial charge >= 0.3 is 11.9 Å². The SMILES string of the molecule is CSCC[C@H](NC(=O)[C@H](CCCN=C(N)N)NC(=O)[C@H](Cc1ccc(O)cc1)NC(=O)[C@@H]1CCCN1)C(=O)N[C@@H](CC(=O)O)C(=O)O. The van der Waals surface area contributed by atoms with Gasteiger partial charge in [0.15, 0.2) is 5.96 Å². The average Bonchev–Trinajstić information content (AvgIpc) is 3.56. The summed E-state index contributed by atoms with van der Waals surface area (Å²) in [5, 5.41) is 41.3. The number of nitrogens with one attached hydrogen (secondary N) is 5. The number of carboxylic acid groups (broad SMARTS) is 2. The topological polar surface area (TPSA) is 288 Å². The number of benzene rings is 1. The number of aromatic hydroxyl groups is 1. The van der Waals surface area contributed by atoms with Gasteiger partial charge in [-0.3, -0.25) is 29.0 Å². The van der Waals surface area contributed by atoms with Crippen molar-refractivity contribution < 1.29 is 44.1 Å². The molecule has 47 heavy (non-hydrogen) atoms. The minimum Gasteiger partial charge on any atom is -0.508 e. The predicted molar refractivity (Wildman–Crippen MR) is 173 cm³/mol. The highest BCUT2D eigenvalue weighted by atomic mass is 32.2. The molecular weight excluding hydrogens is 636 g/mol. The lowest BCUT2D eigenvalue weighted by Crippen LogP contribution is -2.59. The lowest BCUT2D eigenvalue weighted by Gasteiger charge is -2.26. The minimum atomic E-state index is -1.73. The van der Waals surface area contributed by atoms with Crippen molar-refractivity contribution in [3.8, 4) is 5.75 Å². The molecule has 1 heterocycles. The fraction of sp³-hybridized carbons (Fsp3) is 0.552. The van der Waals surface area contributed by atoms with Crippen LogP contribution < -0.4 is 38.1 Å². The van der Waals surface area contributed by atoms with Crippen LogP contribution in [0.3, 0.4) is 0 Å². The Hall–Kier alpha value is -4.58. The van der Waals surface area contributed by atoms with Gasteiger partial charge in [0.2, 0.25) is 23.6 Å². The van der Waals surface area contributed by atoms with Crippen molar-refractivity contribution in [2.75, 3.05) is 25.1 Å². The summed E-state index contributed by atoms with van der Waals surface area (Å²) in [6, 6.07) is 0.231. The number of phenolic OH excluding ortho intramolecular Hbond substituents is 1. The quantitative estimate of drug-likeness (QED) is 0.0405. The highest BCUT2D eigenvalue weighted by molar-refractivity contribution is 7.98. The van der Waals surface area contributed by atoms with E-state index in [-0.39, 0.29) is 43.9 Å². The third-order valence-corrected chi connectivity index (χ3v) is 7.85. The third kappa shape index (κ3) is 14.2. The molecule has 0 radical (unpaired) electrons. The van der Waals surface area contributed by atoms with E-state index in [1.54, 1.807) is 18.4 Å². The summed E-state index contributed by atoms with van der Waals surface area (Å²) in [6.07, 6.45) is 2.62. The first-order valence-electron chi connectivity index (χ1n) is 15.0. The standard InChI is InChI=1S/C29H44N8O9S/c1-47-13-10-20(26(43)37-22(28(45)46)15-23(39)40)35-25(42)19(5-3-12-33-29(30)31)34-27(44)21(14-16-6-8-17(38)9-7-16)36-24(41)18-4-2-11-32-18/h6-9,18-22,32,38H,2-5,10-15H2,1H3,(H,34,44)(H,35,42)(H,36,41)(H,37,43)(H,39,40)(H,45,46)(H4,30,31,33)/t18-,19-,20-,21-,22-/m0/s1. The van der Waals surface area contributed by atoms with Gasteiger partial charge in [-0.15, -0.1) is 0 Å². The molecule has 12 N–H and O–H groups in total. The normalized spacial score (nSPS) is 16.5. The summed E-state index contributed by atoms with van der Waals surface area (Å²) >= 11 is 1.36. The van der Waals surface area contributed by atoms with Crippen LogP contribution >= 0.6 is 11.8 Å². The fourth-order valence-corrected chi connectivity index (χ4v) is 5.20. The Morgan fingerprint density at radius 1 is 0.915 bits per heavy atom. The highest BCUT2D eigenvalue weighted by Crippen LogP contribution is 2.13. The molecule has 5 atom stereocenters. The van der Waals surface area contributed by atoms with Gasteiger partial charge in [0, 0.05) is 13.0 Å². The maximum Gasteiger partial charge on any atom is 0.326 e. The number of aliphatic carboxylic acids is 2. The number of carbonyl (C=O) groups excluding carboxylic acids is 4. The number of hydrogen-bond donors (Lipinski definition) is 10. The summed E-state index contributed by atoms with van der Waals surface area (Å²) in [6.45, 7) is 0.772. The smallest absolute Gasteiger partial charge is 0.326 e. The number of guanidine groups is 1. The molecule has 0 bridgehead atoms. The molecule has 18 heteroatoms. The molecule has 1 aromatic rings. The van der Waals surface area contributed by atoms with Crippen LogP contribution in [0.4, 0.5) is 0 Å². The molecule has 2 rings (SSSR count). The van der Waals surface area contributed by atoms with Crippen LogP contribution in [0.25, 0.3) is 0 Å². The average molecular weight is 681 g/mol. The van der Waals surface area contributed by atoms with Gasteiger partial charge in [-0.1, -0.05) is 12.1 Å². The van der Waals surface area contributed by atoms with E-state index in [0.717, 1.165) is 6.42 Å². The van der Waals surface area contributed by atoms with Crippen molar-refractivity contribution in [1.29, 1.82) is 0 Å². The number of carboxylic acids is 2. The fourth-order valence-electron chi connectivity index (χ4n) is 4.73. The Bertz CT molecular complexity index is 1270. The van der Waals surface area contributed by atoms with Gasteiger partial charge in [-0.2, -0.15) is 11.8 Å². The molecule has 0 unspecified atom stereocenters. The van der Waals surface area contributed by atoms with Crippen LogP contribution in [0.1, 0.15) is 44.1 Å². The highest BCUT2D eigenvalue weighted by Gasteiger charge is 2.33. The second-order valence-electron chi connectivity index (χ2n) is 10.9. The van der Waals surface area contributed by atoms with Gasteiger partial charge in [-0.25, -0.2) is 4.79 Å². The second-order valence-corrected chi connectivity index (χ2v) is 11.9. The van der Waals surface area contributed by atoms with Crippen LogP contribution in [-0.2, 0) is 35.2 Å². The van der Waals surface area contributed by atoms with Crippen molar-refractivity contribution in [1.82, 2.24) is 26.6 Å². The molecular formula is C29H44N8O9S. The first-order chi connectivity index (χ1) is 22.3. The van der Waals surface area contributed by atoms with Gasteiger partial charge in [0.25, 0.3) is 0 Å². The number of hydrogen-bond acceptors (Lipinski definition) is 10. The summed E-state index contributed by atoms with van der Waals surface area (Å²) in [5.74, 6) is -5.54. The Morgan fingerprint density at radius 2 is 1.51 bits per heavy atom. The van der Waals surface area contributed by atoms with Crippen molar-refractivity contribution in [2.24, 2.45) is 16.5 Å². The van der Waals surface area contributed by atoms with Crippen LogP contribution in [0.15, 0.2) is 29.3 Å². The van der Waals surface area contributed by atoms with E-state index in [9.17, 15) is 39.0 Å². The Labute approximate surface area is 276 Å². The van der Waals surface area contributed by atoms with E-state index in [2.05, 4.69) is 31.6 Å². The van der Waals surface area contributed by atoms with E-state index in [4.69, 9.17) is 16.6 Å². The van der Waals surface area contributed by atoms with E-state index in [1.807, 2.05) is 0 Å². The third-order valence-electron chi connectivity index (χ3n) is 7.20. The van der Waals surface area contributed by atoms with Crippen molar-refractivity contribution >= 4 is 53.3 Å². The molecule has 1 aliphatic rings. The summed E-state index contributed by atoms with van der Waals surface area (Å²) in [7, 11) is 0. The maximum atomic E-state index is 13.7. The summed E-state index contributed by atoms with van der Waals surface area (Å²) in [5.41, 5.74) is 11.4. The zero-order valence-electron chi connectivity index (χ0n) is 26.1. The van der Waals surface area contributed by atoms with Gasteiger partial charge in [-0.05, 0) is 68.4 Å². The monoisotopic (exact) mass is 680 g/mol. The van der Waals surface area contributed by atoms with Crippen LogP contribution in [0.5, 0.6) is 5.75 Å². The molecule has 260 valence electrons. The molecule has 0 saturated carbocycles. The molecule has 0 spiro atoms. The van der Waals surface area contributed by atoms with E-state index >= 15 is 0 Å². The molecule has 1 aliphatic heterocycles. The number of nitrogens with zero attached hydrogens (tertiary/aromatic N) is 1. The largest absolute Gasteiger partial charge is 0.508 e. The van der Waals surface area contributed by atoms with E-state index < -0.39 is 72.2 Å². The van der Waals surface area contributed by atoms with Crippen LogP contribution in [0.2, 0.25) is 0 Å². The molecule has 0 aliphatic carbocycles. The number of nitrogens with two attached hydrogens (primary N) is 2. The van der Waals surface area contributed by atoms with Crippen molar-refractivity contribution in [2.45, 2.75) is 75.2 Å². The molecule has 1 saturated heterocycles. The predicted octanol–water partition coefficient (Wildman–Crippen LogP) is -2.01. The van der Waals surface area contributed by atoms with Gasteiger partial charge < -0.3 is 53.4 Å². The zero-order valence-corrected chi connectivity index (χ0v) is 26.9. The Morgan fingerprint density at radius 3 is 2.04 bits per heavy atom. The number of phenols is 1. The second kappa shape index (κ2) is 19.8. The number of carbonyl (C=O) groups is 6. The van der Waals surface area contributed by atoms with Crippen molar-refractivity contribution in [3.05, 3.63) is 29.8 Å². The first kappa shape index (κ1) is 38.6.